The molecule has 2 N–H and O–H groups in total. The molecule has 0 heterocycles. The normalized spacial score (nSPS) is 12.0. The molecule has 0 aliphatic rings. The summed E-state index contributed by atoms with van der Waals surface area (Å²) < 4.78 is 10.2. The van der Waals surface area contributed by atoms with Crippen molar-refractivity contribution in [3.63, 3.8) is 0 Å². The van der Waals surface area contributed by atoms with Gasteiger partial charge in [0.25, 0.3) is 0 Å². The average Bonchev–Trinajstić information content (AvgIpc) is 2.35. The third-order valence-electron chi connectivity index (χ3n) is 2.74. The molecule has 0 unspecified atom stereocenters. The van der Waals surface area contributed by atoms with Gasteiger partial charge < -0.3 is 15.2 Å². The van der Waals surface area contributed by atoms with E-state index in [0.29, 0.717) is 19.4 Å². The number of hydrogen-bond donors (Lipinski definition) is 1. The molecule has 0 bridgehead atoms. The van der Waals surface area contributed by atoms with E-state index in [1.807, 2.05) is 32.0 Å². The van der Waals surface area contributed by atoms with E-state index in [1.165, 1.54) is 7.11 Å². The van der Waals surface area contributed by atoms with Crippen LogP contribution in [-0.2, 0) is 9.53 Å². The molecule has 1 rings (SSSR count). The van der Waals surface area contributed by atoms with Crippen LogP contribution in [0.3, 0.4) is 0 Å². The maximum absolute atomic E-state index is 10.9. The first kappa shape index (κ1) is 14.5. The maximum Gasteiger partial charge on any atom is 0.305 e. The lowest BCUT2D eigenvalue weighted by molar-refractivity contribution is -0.140. The molecule has 0 spiro atoms. The second-order valence-electron chi connectivity index (χ2n) is 4.34. The Hall–Kier alpha value is -1.55. The molecule has 0 amide bonds. The summed E-state index contributed by atoms with van der Waals surface area (Å²) in [4.78, 5) is 10.9. The molecule has 4 heteroatoms. The number of hydrogen-bond acceptors (Lipinski definition) is 4. The highest BCUT2D eigenvalue weighted by atomic mass is 16.5. The zero-order chi connectivity index (χ0) is 13.5. The first-order chi connectivity index (χ1) is 8.54. The van der Waals surface area contributed by atoms with E-state index in [0.717, 1.165) is 16.9 Å². The van der Waals surface area contributed by atoms with Gasteiger partial charge in [-0.3, -0.25) is 4.79 Å². The molecule has 1 atom stereocenters. The maximum atomic E-state index is 10.9. The summed E-state index contributed by atoms with van der Waals surface area (Å²) in [5.74, 6) is 0.631. The summed E-state index contributed by atoms with van der Waals surface area (Å²) >= 11 is 0. The lowest BCUT2D eigenvalue weighted by Gasteiger charge is -2.12. The summed E-state index contributed by atoms with van der Waals surface area (Å²) in [6, 6.07) is 5.94. The number of aryl methyl sites for hydroxylation is 1. The van der Waals surface area contributed by atoms with Crippen LogP contribution in [0.2, 0.25) is 0 Å². The lowest BCUT2D eigenvalue weighted by Crippen LogP contribution is -2.07. The van der Waals surface area contributed by atoms with Crippen molar-refractivity contribution in [2.24, 2.45) is 5.73 Å². The predicted octanol–water partition coefficient (Wildman–Crippen LogP) is 2.35. The van der Waals surface area contributed by atoms with Gasteiger partial charge in [0, 0.05) is 12.5 Å². The summed E-state index contributed by atoms with van der Waals surface area (Å²) in [5, 5.41) is 0. The van der Waals surface area contributed by atoms with Crippen LogP contribution in [0.4, 0.5) is 0 Å². The van der Waals surface area contributed by atoms with Crippen LogP contribution in [0.1, 0.15) is 36.9 Å². The van der Waals surface area contributed by atoms with Crippen molar-refractivity contribution in [2.75, 3.05) is 13.7 Å². The molecule has 0 fully saturated rings. The Balaban J connectivity index is 2.45. The third kappa shape index (κ3) is 4.37. The van der Waals surface area contributed by atoms with Crippen molar-refractivity contribution in [3.8, 4) is 5.75 Å². The third-order valence-corrected chi connectivity index (χ3v) is 2.74. The summed E-state index contributed by atoms with van der Waals surface area (Å²) in [6.45, 7) is 4.45. The minimum Gasteiger partial charge on any atom is -0.493 e. The number of carbonyl (C=O) groups excluding carboxylic acids is 1. The van der Waals surface area contributed by atoms with Gasteiger partial charge in [0.15, 0.2) is 0 Å². The first-order valence-corrected chi connectivity index (χ1v) is 6.10. The molecule has 18 heavy (non-hydrogen) atoms. The van der Waals surface area contributed by atoms with Crippen LogP contribution in [0, 0.1) is 6.92 Å². The molecule has 0 aliphatic carbocycles. The first-order valence-electron chi connectivity index (χ1n) is 6.10. The van der Waals surface area contributed by atoms with Gasteiger partial charge in [-0.05, 0) is 37.5 Å². The van der Waals surface area contributed by atoms with Gasteiger partial charge in [-0.25, -0.2) is 0 Å². The molecule has 1 aromatic carbocycles. The Morgan fingerprint density at radius 3 is 2.72 bits per heavy atom. The van der Waals surface area contributed by atoms with Crippen molar-refractivity contribution in [1.29, 1.82) is 0 Å². The highest BCUT2D eigenvalue weighted by Gasteiger charge is 2.05. The van der Waals surface area contributed by atoms with Crippen LogP contribution in [0.5, 0.6) is 5.75 Å². The van der Waals surface area contributed by atoms with Crippen LogP contribution < -0.4 is 10.5 Å². The number of esters is 1. The highest BCUT2D eigenvalue weighted by Crippen LogP contribution is 2.22. The Morgan fingerprint density at radius 2 is 2.17 bits per heavy atom. The minimum atomic E-state index is -0.206. The Labute approximate surface area is 108 Å². The summed E-state index contributed by atoms with van der Waals surface area (Å²) in [5.41, 5.74) is 7.96. The lowest BCUT2D eigenvalue weighted by atomic mass is 10.1. The van der Waals surface area contributed by atoms with Crippen LogP contribution in [-0.4, -0.2) is 19.7 Å². The van der Waals surface area contributed by atoms with E-state index in [-0.39, 0.29) is 12.0 Å². The largest absolute Gasteiger partial charge is 0.493 e. The smallest absolute Gasteiger partial charge is 0.305 e. The van der Waals surface area contributed by atoms with Gasteiger partial charge in [0.2, 0.25) is 0 Å². The molecule has 0 saturated heterocycles. The van der Waals surface area contributed by atoms with Gasteiger partial charge in [0.1, 0.15) is 5.75 Å². The van der Waals surface area contributed by atoms with Gasteiger partial charge in [0.05, 0.1) is 13.7 Å². The Morgan fingerprint density at radius 1 is 1.44 bits per heavy atom. The molecule has 4 nitrogen and oxygen atoms in total. The van der Waals surface area contributed by atoms with Crippen LogP contribution in [0.15, 0.2) is 18.2 Å². The number of carbonyl (C=O) groups is 1. The molecular formula is C14H21NO3. The quantitative estimate of drug-likeness (QED) is 0.622. The minimum absolute atomic E-state index is 0.0251. The molecule has 0 aromatic heterocycles. The molecular weight excluding hydrogens is 230 g/mol. The predicted molar refractivity (Wildman–Crippen MR) is 70.5 cm³/mol. The van der Waals surface area contributed by atoms with Crippen molar-refractivity contribution >= 4 is 5.97 Å². The van der Waals surface area contributed by atoms with Crippen molar-refractivity contribution in [2.45, 2.75) is 32.7 Å². The zero-order valence-electron chi connectivity index (χ0n) is 11.2. The van der Waals surface area contributed by atoms with Gasteiger partial charge >= 0.3 is 5.97 Å². The van der Waals surface area contributed by atoms with Crippen molar-refractivity contribution < 1.29 is 14.3 Å². The fourth-order valence-electron chi connectivity index (χ4n) is 1.62. The average molecular weight is 251 g/mol. The Kier molecular flexibility index (Phi) is 5.65. The zero-order valence-corrected chi connectivity index (χ0v) is 11.2. The van der Waals surface area contributed by atoms with E-state index in [9.17, 15) is 4.79 Å². The van der Waals surface area contributed by atoms with Gasteiger partial charge in [-0.2, -0.15) is 0 Å². The topological polar surface area (TPSA) is 61.5 Å². The number of benzene rings is 1. The number of methoxy groups -OCH3 is 1. The van der Waals surface area contributed by atoms with E-state index < -0.39 is 0 Å². The molecule has 0 radical (unpaired) electrons. The number of nitrogens with two attached hydrogens (primary N) is 1. The molecule has 1 aromatic rings. The van der Waals surface area contributed by atoms with Gasteiger partial charge in [-0.15, -0.1) is 0 Å². The number of ether oxygens (including phenoxy) is 2. The van der Waals surface area contributed by atoms with E-state index in [1.54, 1.807) is 0 Å². The fraction of sp³-hybridized carbons (Fsp3) is 0.500. The van der Waals surface area contributed by atoms with Crippen LogP contribution >= 0.6 is 0 Å². The van der Waals surface area contributed by atoms with Gasteiger partial charge in [-0.1, -0.05) is 12.1 Å². The molecule has 0 saturated carbocycles. The highest BCUT2D eigenvalue weighted by molar-refractivity contribution is 5.69. The van der Waals surface area contributed by atoms with Crippen molar-refractivity contribution in [1.82, 2.24) is 0 Å². The number of rotatable bonds is 6. The second kappa shape index (κ2) is 7.01. The molecule has 100 valence electrons. The van der Waals surface area contributed by atoms with E-state index in [2.05, 4.69) is 4.74 Å². The Bertz CT molecular complexity index is 402. The van der Waals surface area contributed by atoms with Crippen molar-refractivity contribution in [3.05, 3.63) is 29.3 Å². The SMILES string of the molecule is COC(=O)CCCOc1ccc([C@H](C)N)cc1C. The fourth-order valence-corrected chi connectivity index (χ4v) is 1.62. The second-order valence-corrected chi connectivity index (χ2v) is 4.34. The van der Waals surface area contributed by atoms with E-state index >= 15 is 0 Å². The monoisotopic (exact) mass is 251 g/mol. The summed E-state index contributed by atoms with van der Waals surface area (Å²) in [6.07, 6.45) is 1.04. The standard InChI is InChI=1S/C14H21NO3/c1-10-9-12(11(2)15)6-7-13(10)18-8-4-5-14(16)17-3/h6-7,9,11H,4-5,8,15H2,1-3H3/t11-/m0/s1. The molecule has 0 aliphatic heterocycles. The van der Waals surface area contributed by atoms with E-state index in [4.69, 9.17) is 10.5 Å². The summed E-state index contributed by atoms with van der Waals surface area (Å²) in [7, 11) is 1.39. The van der Waals surface area contributed by atoms with Crippen LogP contribution in [0.25, 0.3) is 0 Å².